The van der Waals surface area contributed by atoms with Gasteiger partial charge in [-0.2, -0.15) is 0 Å². The molecule has 4 rings (SSSR count). The number of nitrogens with zero attached hydrogens (tertiary/aromatic N) is 4. The van der Waals surface area contributed by atoms with Crippen molar-refractivity contribution in [3.63, 3.8) is 0 Å². The number of thioether (sulfide) groups is 1. The van der Waals surface area contributed by atoms with Gasteiger partial charge in [0.05, 0.1) is 11.8 Å². The van der Waals surface area contributed by atoms with E-state index < -0.39 is 0 Å². The van der Waals surface area contributed by atoms with Crippen molar-refractivity contribution in [2.45, 2.75) is 44.4 Å². The third kappa shape index (κ3) is 5.39. The van der Waals surface area contributed by atoms with E-state index in [-0.39, 0.29) is 23.6 Å². The zero-order valence-corrected chi connectivity index (χ0v) is 20.2. The van der Waals surface area contributed by atoms with Crippen LogP contribution in [0.25, 0.3) is 0 Å². The van der Waals surface area contributed by atoms with Crippen LogP contribution in [0.1, 0.15) is 47.6 Å². The zero-order valence-electron chi connectivity index (χ0n) is 18.6. The van der Waals surface area contributed by atoms with Gasteiger partial charge >= 0.3 is 0 Å². The van der Waals surface area contributed by atoms with Gasteiger partial charge in [-0.15, -0.1) is 10.2 Å². The first-order valence-electron chi connectivity index (χ1n) is 10.9. The Morgan fingerprint density at radius 2 is 1.85 bits per heavy atom. The number of aromatic nitrogens is 3. The number of likely N-dealkylation sites (tertiary alicyclic amines) is 1. The first kappa shape index (κ1) is 23.3. The molecule has 2 aromatic carbocycles. The van der Waals surface area contributed by atoms with Gasteiger partial charge in [0.15, 0.2) is 11.0 Å². The number of aryl methyl sites for hydroxylation is 1. The first-order valence-corrected chi connectivity index (χ1v) is 12.3. The van der Waals surface area contributed by atoms with E-state index in [4.69, 9.17) is 11.6 Å². The van der Waals surface area contributed by atoms with Crippen molar-refractivity contribution in [1.82, 2.24) is 19.7 Å². The number of hydrogen-bond acceptors (Lipinski definition) is 5. The van der Waals surface area contributed by atoms with Crippen molar-refractivity contribution in [1.29, 1.82) is 0 Å². The van der Waals surface area contributed by atoms with Gasteiger partial charge in [-0.3, -0.25) is 9.59 Å². The fourth-order valence-corrected chi connectivity index (χ4v) is 4.89. The number of hydrogen-bond donors (Lipinski definition) is 1. The van der Waals surface area contributed by atoms with E-state index in [1.165, 1.54) is 11.8 Å². The lowest BCUT2D eigenvalue weighted by atomic mass is 10.1. The minimum absolute atomic E-state index is 0.0136. The van der Waals surface area contributed by atoms with E-state index in [1.54, 1.807) is 24.3 Å². The number of carbonyl (C=O) groups excluding carboxylic acids is 2. The summed E-state index contributed by atoms with van der Waals surface area (Å²) in [6.07, 6.45) is 1.77. The van der Waals surface area contributed by atoms with Gasteiger partial charge in [-0.25, -0.2) is 0 Å². The largest absolute Gasteiger partial charge is 0.328 e. The van der Waals surface area contributed by atoms with E-state index in [0.717, 1.165) is 24.2 Å². The number of halogens is 1. The van der Waals surface area contributed by atoms with Crippen molar-refractivity contribution in [2.24, 2.45) is 0 Å². The van der Waals surface area contributed by atoms with E-state index in [1.807, 2.05) is 47.6 Å². The summed E-state index contributed by atoms with van der Waals surface area (Å²) in [6.45, 7) is 5.38. The normalized spacial score (nSPS) is 15.6. The minimum atomic E-state index is -0.133. The Morgan fingerprint density at radius 3 is 2.55 bits per heavy atom. The van der Waals surface area contributed by atoms with Gasteiger partial charge < -0.3 is 14.8 Å². The Hall–Kier alpha value is -2.84. The molecule has 3 aromatic rings. The molecular formula is C24H26ClN5O2S. The molecule has 1 N–H and O–H groups in total. The standard InChI is InChI=1S/C24H26ClN5O2S/c1-3-29-22(20-5-4-14-30(20)23(32)17-8-6-16(2)7-9-17)27-28-24(29)33-15-21(31)26-19-12-10-18(25)11-13-19/h6-13,20H,3-5,14-15H2,1-2H3,(H,26,31). The molecule has 0 bridgehead atoms. The fraction of sp³-hybridized carbons (Fsp3) is 0.333. The molecule has 1 aliphatic rings. The molecule has 1 unspecified atom stereocenters. The van der Waals surface area contributed by atoms with Crippen LogP contribution in [0.2, 0.25) is 5.02 Å². The molecule has 2 amide bonds. The van der Waals surface area contributed by atoms with Crippen LogP contribution in [0.4, 0.5) is 5.69 Å². The third-order valence-corrected chi connectivity index (χ3v) is 6.85. The lowest BCUT2D eigenvalue weighted by Gasteiger charge is -2.24. The Kier molecular flexibility index (Phi) is 7.35. The summed E-state index contributed by atoms with van der Waals surface area (Å²) in [5.74, 6) is 0.861. The van der Waals surface area contributed by atoms with E-state index in [2.05, 4.69) is 15.5 Å². The molecule has 1 aliphatic heterocycles. The number of benzene rings is 2. The minimum Gasteiger partial charge on any atom is -0.328 e. The summed E-state index contributed by atoms with van der Waals surface area (Å²) in [4.78, 5) is 27.4. The van der Waals surface area contributed by atoms with Gasteiger partial charge in [0, 0.05) is 29.4 Å². The van der Waals surface area contributed by atoms with E-state index in [9.17, 15) is 9.59 Å². The van der Waals surface area contributed by atoms with E-state index >= 15 is 0 Å². The summed E-state index contributed by atoms with van der Waals surface area (Å²) in [5.41, 5.74) is 2.50. The lowest BCUT2D eigenvalue weighted by molar-refractivity contribution is -0.113. The molecule has 0 spiro atoms. The smallest absolute Gasteiger partial charge is 0.254 e. The zero-order chi connectivity index (χ0) is 23.4. The molecule has 7 nitrogen and oxygen atoms in total. The molecule has 33 heavy (non-hydrogen) atoms. The number of amides is 2. The maximum atomic E-state index is 13.2. The van der Waals surface area contributed by atoms with Crippen LogP contribution in [0.3, 0.4) is 0 Å². The summed E-state index contributed by atoms with van der Waals surface area (Å²) in [7, 11) is 0. The van der Waals surface area contributed by atoms with Crippen molar-refractivity contribution in [3.05, 3.63) is 70.5 Å². The van der Waals surface area contributed by atoms with Crippen LogP contribution in [-0.2, 0) is 11.3 Å². The molecule has 0 aliphatic carbocycles. The monoisotopic (exact) mass is 483 g/mol. The van der Waals surface area contributed by atoms with Gasteiger partial charge in [0.2, 0.25) is 5.91 Å². The summed E-state index contributed by atoms with van der Waals surface area (Å²) >= 11 is 7.23. The van der Waals surface area contributed by atoms with Crippen molar-refractivity contribution in [3.8, 4) is 0 Å². The highest BCUT2D eigenvalue weighted by atomic mass is 35.5. The molecular weight excluding hydrogens is 458 g/mol. The number of rotatable bonds is 7. The molecule has 1 atom stereocenters. The van der Waals surface area contributed by atoms with Crippen molar-refractivity contribution < 1.29 is 9.59 Å². The highest BCUT2D eigenvalue weighted by Crippen LogP contribution is 2.34. The Morgan fingerprint density at radius 1 is 1.12 bits per heavy atom. The highest BCUT2D eigenvalue weighted by molar-refractivity contribution is 7.99. The van der Waals surface area contributed by atoms with Crippen LogP contribution in [0.5, 0.6) is 0 Å². The van der Waals surface area contributed by atoms with Crippen LogP contribution in [0, 0.1) is 6.92 Å². The molecule has 1 saturated heterocycles. The molecule has 0 saturated carbocycles. The van der Waals surface area contributed by atoms with Crippen LogP contribution < -0.4 is 5.32 Å². The van der Waals surface area contributed by atoms with Gasteiger partial charge in [-0.1, -0.05) is 41.1 Å². The Bertz CT molecular complexity index is 1130. The lowest BCUT2D eigenvalue weighted by Crippen LogP contribution is -2.32. The molecule has 0 radical (unpaired) electrons. The summed E-state index contributed by atoms with van der Waals surface area (Å²) in [6, 6.07) is 14.5. The van der Waals surface area contributed by atoms with Gasteiger partial charge in [0.25, 0.3) is 5.91 Å². The molecule has 172 valence electrons. The topological polar surface area (TPSA) is 80.1 Å². The molecule has 2 heterocycles. The highest BCUT2D eigenvalue weighted by Gasteiger charge is 2.34. The van der Waals surface area contributed by atoms with Crippen molar-refractivity contribution in [2.75, 3.05) is 17.6 Å². The maximum Gasteiger partial charge on any atom is 0.254 e. The fourth-order valence-electron chi connectivity index (χ4n) is 3.95. The Labute approximate surface area is 202 Å². The molecule has 1 fully saturated rings. The number of carbonyl (C=O) groups is 2. The number of nitrogens with one attached hydrogen (secondary N) is 1. The van der Waals surface area contributed by atoms with Gasteiger partial charge in [-0.05, 0) is 63.1 Å². The Balaban J connectivity index is 1.45. The summed E-state index contributed by atoms with van der Waals surface area (Å²) < 4.78 is 2.01. The van der Waals surface area contributed by atoms with Crippen molar-refractivity contribution >= 4 is 40.9 Å². The third-order valence-electron chi connectivity index (χ3n) is 5.63. The first-order chi connectivity index (χ1) is 16.0. The average molecular weight is 484 g/mol. The van der Waals surface area contributed by atoms with Crippen LogP contribution in [0.15, 0.2) is 53.7 Å². The molecule has 1 aromatic heterocycles. The van der Waals surface area contributed by atoms with Gasteiger partial charge in [0.1, 0.15) is 0 Å². The SMILES string of the molecule is CCn1c(SCC(=O)Nc2ccc(Cl)cc2)nnc1C1CCCN1C(=O)c1ccc(C)cc1. The summed E-state index contributed by atoms with van der Waals surface area (Å²) in [5, 5.41) is 12.9. The number of anilines is 1. The predicted octanol–water partition coefficient (Wildman–Crippen LogP) is 4.97. The second-order valence-electron chi connectivity index (χ2n) is 7.95. The average Bonchev–Trinajstić information content (AvgIpc) is 3.45. The second-order valence-corrected chi connectivity index (χ2v) is 9.33. The molecule has 9 heteroatoms. The van der Waals surface area contributed by atoms with Crippen LogP contribution >= 0.6 is 23.4 Å². The predicted molar refractivity (Wildman–Crippen MR) is 131 cm³/mol. The van der Waals surface area contributed by atoms with Crippen LogP contribution in [-0.4, -0.2) is 43.8 Å². The van der Waals surface area contributed by atoms with E-state index in [0.29, 0.717) is 34.5 Å². The second kappa shape index (κ2) is 10.4. The maximum absolute atomic E-state index is 13.2. The quantitative estimate of drug-likeness (QED) is 0.480.